The average Bonchev–Trinajstić information content (AvgIpc) is 3.05. The van der Waals surface area contributed by atoms with Crippen molar-refractivity contribution < 1.29 is 9.90 Å². The predicted octanol–water partition coefficient (Wildman–Crippen LogP) is 4.58. The molecule has 4 heteroatoms. The summed E-state index contributed by atoms with van der Waals surface area (Å²) in [7, 11) is 0. The number of phenolic OH excluding ortho intramolecular Hbond substituents is 1. The fourth-order valence-electron chi connectivity index (χ4n) is 2.92. The molecule has 2 aromatic carbocycles. The number of Topliss-reactive ketones (excluding diaryl/α,β-unsaturated/α-hetero) is 1. The van der Waals surface area contributed by atoms with Gasteiger partial charge in [-0.3, -0.25) is 4.79 Å². The molecule has 0 aliphatic carbocycles. The van der Waals surface area contributed by atoms with Crippen molar-refractivity contribution in [3.63, 3.8) is 0 Å². The highest BCUT2D eigenvalue weighted by atomic mass is 16.3. The smallest absolute Gasteiger partial charge is 0.159 e. The van der Waals surface area contributed by atoms with Gasteiger partial charge in [0.25, 0.3) is 0 Å². The molecule has 4 rings (SSSR count). The van der Waals surface area contributed by atoms with Crippen LogP contribution in [0.25, 0.3) is 28.0 Å². The van der Waals surface area contributed by atoms with Gasteiger partial charge in [0.1, 0.15) is 5.75 Å². The van der Waals surface area contributed by atoms with Gasteiger partial charge < -0.3 is 5.11 Å². The van der Waals surface area contributed by atoms with Crippen molar-refractivity contribution >= 4 is 11.3 Å². The van der Waals surface area contributed by atoms with E-state index in [1.54, 1.807) is 25.1 Å². The van der Waals surface area contributed by atoms with Gasteiger partial charge in [-0.05, 0) is 49.4 Å². The molecule has 4 aromatic rings. The molecule has 0 aliphatic heterocycles. The molecule has 0 saturated heterocycles. The Bertz CT molecular complexity index is 1100. The highest BCUT2D eigenvalue weighted by Crippen LogP contribution is 2.26. The predicted molar refractivity (Wildman–Crippen MR) is 97.7 cm³/mol. The van der Waals surface area contributed by atoms with E-state index in [-0.39, 0.29) is 11.5 Å². The molecular formula is C21H16N2O2. The molecule has 2 heterocycles. The van der Waals surface area contributed by atoms with E-state index >= 15 is 0 Å². The lowest BCUT2D eigenvalue weighted by atomic mass is 10.1. The number of hydrogen-bond donors (Lipinski definition) is 1. The molecule has 0 atom stereocenters. The standard InChI is InChI=1S/C21H16N2O2/c1-14(24)15-4-2-5-16(12-15)20-10-8-18-9-11-21(23(18)22-20)17-6-3-7-19(25)13-17/h2-13,25H,1H3. The van der Waals surface area contributed by atoms with Crippen molar-refractivity contribution in [2.45, 2.75) is 6.92 Å². The normalized spacial score (nSPS) is 10.9. The van der Waals surface area contributed by atoms with Crippen molar-refractivity contribution in [2.75, 3.05) is 0 Å². The van der Waals surface area contributed by atoms with Crippen LogP contribution in [-0.4, -0.2) is 20.5 Å². The van der Waals surface area contributed by atoms with Crippen LogP contribution in [0.15, 0.2) is 72.8 Å². The number of aromatic hydroxyl groups is 1. The number of aromatic nitrogens is 2. The second kappa shape index (κ2) is 5.91. The fourth-order valence-corrected chi connectivity index (χ4v) is 2.92. The molecule has 1 N–H and O–H groups in total. The summed E-state index contributed by atoms with van der Waals surface area (Å²) in [5.74, 6) is 0.252. The second-order valence-electron chi connectivity index (χ2n) is 5.96. The monoisotopic (exact) mass is 328 g/mol. The van der Waals surface area contributed by atoms with Crippen molar-refractivity contribution in [1.82, 2.24) is 9.61 Å². The van der Waals surface area contributed by atoms with Crippen LogP contribution in [0, 0.1) is 0 Å². The number of carbonyl (C=O) groups excluding carboxylic acids is 1. The van der Waals surface area contributed by atoms with E-state index in [4.69, 9.17) is 5.10 Å². The average molecular weight is 328 g/mol. The van der Waals surface area contributed by atoms with E-state index in [9.17, 15) is 9.90 Å². The molecule has 0 fully saturated rings. The Kier molecular flexibility index (Phi) is 3.58. The summed E-state index contributed by atoms with van der Waals surface area (Å²) in [4.78, 5) is 11.6. The van der Waals surface area contributed by atoms with Gasteiger partial charge in [0.15, 0.2) is 5.78 Å². The third-order valence-electron chi connectivity index (χ3n) is 4.21. The number of nitrogens with zero attached hydrogens (tertiary/aromatic N) is 2. The van der Waals surface area contributed by atoms with Gasteiger partial charge in [-0.25, -0.2) is 4.52 Å². The van der Waals surface area contributed by atoms with Crippen LogP contribution in [0.5, 0.6) is 5.75 Å². The zero-order chi connectivity index (χ0) is 17.4. The molecule has 0 radical (unpaired) electrons. The first-order chi connectivity index (χ1) is 12.1. The summed E-state index contributed by atoms with van der Waals surface area (Å²) in [6, 6.07) is 22.5. The highest BCUT2D eigenvalue weighted by Gasteiger charge is 2.09. The molecule has 4 nitrogen and oxygen atoms in total. The summed E-state index contributed by atoms with van der Waals surface area (Å²) in [5, 5.41) is 14.5. The molecule has 0 bridgehead atoms. The van der Waals surface area contributed by atoms with Crippen molar-refractivity contribution in [1.29, 1.82) is 0 Å². The first-order valence-electron chi connectivity index (χ1n) is 8.01. The van der Waals surface area contributed by atoms with E-state index in [2.05, 4.69) is 0 Å². The Balaban J connectivity index is 1.86. The van der Waals surface area contributed by atoms with Gasteiger partial charge in [0.2, 0.25) is 0 Å². The zero-order valence-electron chi connectivity index (χ0n) is 13.7. The number of carbonyl (C=O) groups is 1. The fraction of sp³-hybridized carbons (Fsp3) is 0.0476. The van der Waals surface area contributed by atoms with Crippen LogP contribution in [0.1, 0.15) is 17.3 Å². The minimum absolute atomic E-state index is 0.0318. The second-order valence-corrected chi connectivity index (χ2v) is 5.96. The topological polar surface area (TPSA) is 54.6 Å². The summed E-state index contributed by atoms with van der Waals surface area (Å²) < 4.78 is 1.85. The Morgan fingerprint density at radius 2 is 1.68 bits per heavy atom. The first kappa shape index (κ1) is 15.1. The van der Waals surface area contributed by atoms with Gasteiger partial charge in [-0.1, -0.05) is 30.3 Å². The van der Waals surface area contributed by atoms with E-state index in [0.717, 1.165) is 28.0 Å². The molecular weight excluding hydrogens is 312 g/mol. The number of ketones is 1. The Hall–Kier alpha value is -3.40. The number of phenols is 1. The summed E-state index contributed by atoms with van der Waals surface area (Å²) in [5.41, 5.74) is 5.10. The molecule has 0 saturated carbocycles. The largest absolute Gasteiger partial charge is 0.508 e. The summed E-state index contributed by atoms with van der Waals surface area (Å²) >= 11 is 0. The minimum atomic E-state index is 0.0318. The third kappa shape index (κ3) is 2.78. The van der Waals surface area contributed by atoms with Crippen LogP contribution in [0.3, 0.4) is 0 Å². The Morgan fingerprint density at radius 1 is 0.920 bits per heavy atom. The van der Waals surface area contributed by atoms with Crippen LogP contribution in [0.4, 0.5) is 0 Å². The zero-order valence-corrected chi connectivity index (χ0v) is 13.7. The van der Waals surface area contributed by atoms with Crippen molar-refractivity contribution in [3.8, 4) is 28.3 Å². The molecule has 0 amide bonds. The van der Waals surface area contributed by atoms with Crippen LogP contribution < -0.4 is 0 Å². The van der Waals surface area contributed by atoms with Gasteiger partial charge in [0, 0.05) is 16.7 Å². The maximum absolute atomic E-state index is 11.6. The van der Waals surface area contributed by atoms with Gasteiger partial charge >= 0.3 is 0 Å². The van der Waals surface area contributed by atoms with Gasteiger partial charge in [-0.15, -0.1) is 0 Å². The number of fused-ring (bicyclic) bond motifs is 1. The van der Waals surface area contributed by atoms with Crippen molar-refractivity contribution in [2.24, 2.45) is 0 Å². The van der Waals surface area contributed by atoms with E-state index in [1.165, 1.54) is 0 Å². The third-order valence-corrected chi connectivity index (χ3v) is 4.21. The molecule has 122 valence electrons. The number of benzene rings is 2. The highest BCUT2D eigenvalue weighted by molar-refractivity contribution is 5.95. The van der Waals surface area contributed by atoms with Gasteiger partial charge in [-0.2, -0.15) is 5.10 Å². The SMILES string of the molecule is CC(=O)c1cccc(-c2ccc3ccc(-c4cccc(O)c4)n3n2)c1. The molecule has 25 heavy (non-hydrogen) atoms. The summed E-state index contributed by atoms with van der Waals surface area (Å²) in [6.07, 6.45) is 0. The van der Waals surface area contributed by atoms with E-state index in [0.29, 0.717) is 5.56 Å². The summed E-state index contributed by atoms with van der Waals surface area (Å²) in [6.45, 7) is 1.56. The molecule has 0 spiro atoms. The van der Waals surface area contributed by atoms with Crippen LogP contribution in [-0.2, 0) is 0 Å². The molecule has 0 unspecified atom stereocenters. The maximum atomic E-state index is 11.6. The van der Waals surface area contributed by atoms with E-state index < -0.39 is 0 Å². The van der Waals surface area contributed by atoms with Crippen LogP contribution in [0.2, 0.25) is 0 Å². The number of hydrogen-bond acceptors (Lipinski definition) is 3. The number of rotatable bonds is 3. The Labute approximate surface area is 145 Å². The van der Waals surface area contributed by atoms with E-state index in [1.807, 2.05) is 59.1 Å². The Morgan fingerprint density at radius 3 is 2.48 bits per heavy atom. The maximum Gasteiger partial charge on any atom is 0.159 e. The minimum Gasteiger partial charge on any atom is -0.508 e. The quantitative estimate of drug-likeness (QED) is 0.560. The first-order valence-corrected chi connectivity index (χ1v) is 8.01. The van der Waals surface area contributed by atoms with Crippen molar-refractivity contribution in [3.05, 3.63) is 78.4 Å². The lowest BCUT2D eigenvalue weighted by Gasteiger charge is -2.07. The van der Waals surface area contributed by atoms with Gasteiger partial charge in [0.05, 0.1) is 16.9 Å². The van der Waals surface area contributed by atoms with Crippen LogP contribution >= 0.6 is 0 Å². The molecule has 0 aliphatic rings. The lowest BCUT2D eigenvalue weighted by Crippen LogP contribution is -1.97. The lowest BCUT2D eigenvalue weighted by molar-refractivity contribution is 0.101. The molecule has 2 aromatic heterocycles.